The van der Waals surface area contributed by atoms with E-state index >= 15 is 0 Å². The van der Waals surface area contributed by atoms with Crippen molar-refractivity contribution >= 4 is 22.9 Å². The molecule has 0 saturated carbocycles. The highest BCUT2D eigenvalue weighted by Crippen LogP contribution is 2.24. The van der Waals surface area contributed by atoms with Crippen molar-refractivity contribution in [3.63, 3.8) is 0 Å². The van der Waals surface area contributed by atoms with Crippen LogP contribution in [-0.2, 0) is 13.0 Å². The Bertz CT molecular complexity index is 632. The summed E-state index contributed by atoms with van der Waals surface area (Å²) < 4.78 is 13.9. The van der Waals surface area contributed by atoms with Crippen molar-refractivity contribution in [2.24, 2.45) is 0 Å². The summed E-state index contributed by atoms with van der Waals surface area (Å²) >= 11 is 7.44. The first-order valence-electron chi connectivity index (χ1n) is 6.89. The van der Waals surface area contributed by atoms with E-state index in [1.165, 1.54) is 4.88 Å². The fourth-order valence-electron chi connectivity index (χ4n) is 1.92. The van der Waals surface area contributed by atoms with E-state index < -0.39 is 0 Å². The van der Waals surface area contributed by atoms with Gasteiger partial charge in [-0.25, -0.2) is 9.37 Å². The molecule has 2 rings (SSSR count). The zero-order chi connectivity index (χ0) is 15.6. The molecule has 1 heterocycles. The average Bonchev–Trinajstić information content (AvgIpc) is 2.72. The minimum absolute atomic E-state index is 0.0651. The Hall–Kier alpha value is -0.970. The molecule has 114 valence electrons. The maximum absolute atomic E-state index is 13.9. The van der Waals surface area contributed by atoms with Crippen LogP contribution in [0, 0.1) is 12.7 Å². The molecule has 0 radical (unpaired) electrons. The number of halogens is 2. The van der Waals surface area contributed by atoms with Crippen molar-refractivity contribution in [3.8, 4) is 0 Å². The van der Waals surface area contributed by atoms with E-state index in [1.54, 1.807) is 29.5 Å². The molecule has 0 unspecified atom stereocenters. The zero-order valence-electron chi connectivity index (χ0n) is 12.8. The van der Waals surface area contributed by atoms with Gasteiger partial charge in [0.25, 0.3) is 0 Å². The lowest BCUT2D eigenvalue weighted by Crippen LogP contribution is -2.34. The SMILES string of the molecule is Cc1nc(Cc2cccc(Cl)c2F)sc1CNC(C)(C)C. The Morgan fingerprint density at radius 2 is 2.05 bits per heavy atom. The third-order valence-corrected chi connectivity index (χ3v) is 4.54. The molecule has 1 aromatic carbocycles. The van der Waals surface area contributed by atoms with Crippen molar-refractivity contribution < 1.29 is 4.39 Å². The van der Waals surface area contributed by atoms with Gasteiger partial charge in [-0.1, -0.05) is 23.7 Å². The summed E-state index contributed by atoms with van der Waals surface area (Å²) in [6, 6.07) is 5.08. The van der Waals surface area contributed by atoms with Gasteiger partial charge in [-0.2, -0.15) is 0 Å². The van der Waals surface area contributed by atoms with E-state index in [1.807, 2.05) is 6.92 Å². The first-order valence-corrected chi connectivity index (χ1v) is 8.09. The van der Waals surface area contributed by atoms with Gasteiger partial charge in [0.2, 0.25) is 0 Å². The Labute approximate surface area is 134 Å². The number of benzene rings is 1. The van der Waals surface area contributed by atoms with Gasteiger partial charge in [-0.3, -0.25) is 0 Å². The van der Waals surface area contributed by atoms with Crippen LogP contribution in [0.5, 0.6) is 0 Å². The van der Waals surface area contributed by atoms with Crippen LogP contribution in [0.2, 0.25) is 5.02 Å². The molecule has 0 atom stereocenters. The first-order chi connectivity index (χ1) is 9.76. The van der Waals surface area contributed by atoms with Gasteiger partial charge in [0.15, 0.2) is 0 Å². The van der Waals surface area contributed by atoms with E-state index in [9.17, 15) is 4.39 Å². The molecule has 1 N–H and O–H groups in total. The van der Waals surface area contributed by atoms with Crippen LogP contribution in [0.1, 0.15) is 41.9 Å². The summed E-state index contributed by atoms with van der Waals surface area (Å²) in [5, 5.41) is 4.53. The molecule has 1 aromatic heterocycles. The van der Waals surface area contributed by atoms with Crippen molar-refractivity contribution in [2.45, 2.75) is 46.2 Å². The summed E-state index contributed by atoms with van der Waals surface area (Å²) in [7, 11) is 0. The number of aromatic nitrogens is 1. The van der Waals surface area contributed by atoms with E-state index in [-0.39, 0.29) is 16.4 Å². The maximum atomic E-state index is 13.9. The molecule has 5 heteroatoms. The minimum atomic E-state index is -0.346. The summed E-state index contributed by atoms with van der Waals surface area (Å²) in [5.41, 5.74) is 1.66. The molecule has 0 amide bonds. The number of hydrogen-bond donors (Lipinski definition) is 1. The second-order valence-corrected chi connectivity index (χ2v) is 7.68. The molecular formula is C16H20ClFN2S. The Morgan fingerprint density at radius 3 is 2.71 bits per heavy atom. The van der Waals surface area contributed by atoms with Gasteiger partial charge in [0.05, 0.1) is 15.7 Å². The first kappa shape index (κ1) is 16.4. The topological polar surface area (TPSA) is 24.9 Å². The molecule has 0 fully saturated rings. The van der Waals surface area contributed by atoms with Crippen LogP contribution in [0.4, 0.5) is 4.39 Å². The van der Waals surface area contributed by atoms with Gasteiger partial charge < -0.3 is 5.32 Å². The zero-order valence-corrected chi connectivity index (χ0v) is 14.3. The predicted molar refractivity (Wildman–Crippen MR) is 87.7 cm³/mol. The maximum Gasteiger partial charge on any atom is 0.145 e. The largest absolute Gasteiger partial charge is 0.307 e. The summed E-state index contributed by atoms with van der Waals surface area (Å²) in [5.74, 6) is -0.346. The number of aryl methyl sites for hydroxylation is 1. The molecule has 0 bridgehead atoms. The van der Waals surface area contributed by atoms with Crippen molar-refractivity contribution in [1.82, 2.24) is 10.3 Å². The Kier molecular flexibility index (Phi) is 5.02. The number of hydrogen-bond acceptors (Lipinski definition) is 3. The van der Waals surface area contributed by atoms with Crippen molar-refractivity contribution in [3.05, 3.63) is 50.2 Å². The van der Waals surface area contributed by atoms with Crippen LogP contribution < -0.4 is 5.32 Å². The van der Waals surface area contributed by atoms with Crippen molar-refractivity contribution in [2.75, 3.05) is 0 Å². The molecular weight excluding hydrogens is 307 g/mol. The lowest BCUT2D eigenvalue weighted by molar-refractivity contribution is 0.425. The van der Waals surface area contributed by atoms with Gasteiger partial charge in [-0.05, 0) is 39.3 Å². The lowest BCUT2D eigenvalue weighted by Gasteiger charge is -2.19. The van der Waals surface area contributed by atoms with E-state index in [0.29, 0.717) is 12.0 Å². The molecule has 0 saturated heterocycles. The standard InChI is InChI=1S/C16H20ClFN2S/c1-10-13(9-19-16(2,3)4)21-14(20-10)8-11-6-5-7-12(17)15(11)18/h5-7,19H,8-9H2,1-4H3. The lowest BCUT2D eigenvalue weighted by atomic mass is 10.1. The van der Waals surface area contributed by atoms with Gasteiger partial charge in [0.1, 0.15) is 5.82 Å². The highest BCUT2D eigenvalue weighted by atomic mass is 35.5. The van der Waals surface area contributed by atoms with Crippen LogP contribution in [0.15, 0.2) is 18.2 Å². The molecule has 2 nitrogen and oxygen atoms in total. The second-order valence-electron chi connectivity index (χ2n) is 6.11. The predicted octanol–water partition coefficient (Wildman–Crippen LogP) is 4.72. The van der Waals surface area contributed by atoms with Crippen LogP contribution in [0.25, 0.3) is 0 Å². The van der Waals surface area contributed by atoms with Gasteiger partial charge in [-0.15, -0.1) is 11.3 Å². The third kappa shape index (κ3) is 4.50. The quantitative estimate of drug-likeness (QED) is 0.879. The number of nitrogens with zero attached hydrogens (tertiary/aromatic N) is 1. The van der Waals surface area contributed by atoms with E-state index in [4.69, 9.17) is 11.6 Å². The second kappa shape index (κ2) is 6.42. The highest BCUT2D eigenvalue weighted by Gasteiger charge is 2.14. The fraction of sp³-hybridized carbons (Fsp3) is 0.438. The smallest absolute Gasteiger partial charge is 0.145 e. The van der Waals surface area contributed by atoms with Gasteiger partial charge >= 0.3 is 0 Å². The summed E-state index contributed by atoms with van der Waals surface area (Å²) in [4.78, 5) is 5.74. The molecule has 2 aromatic rings. The monoisotopic (exact) mass is 326 g/mol. The Balaban J connectivity index is 2.13. The van der Waals surface area contributed by atoms with E-state index in [0.717, 1.165) is 17.2 Å². The molecule has 0 aliphatic carbocycles. The molecule has 21 heavy (non-hydrogen) atoms. The van der Waals surface area contributed by atoms with Crippen molar-refractivity contribution in [1.29, 1.82) is 0 Å². The summed E-state index contributed by atoms with van der Waals surface area (Å²) in [6.45, 7) is 9.17. The summed E-state index contributed by atoms with van der Waals surface area (Å²) in [6.07, 6.45) is 0.480. The van der Waals surface area contributed by atoms with Crippen LogP contribution in [-0.4, -0.2) is 10.5 Å². The van der Waals surface area contributed by atoms with Gasteiger partial charge in [0, 0.05) is 23.4 Å². The molecule has 0 aliphatic rings. The average molecular weight is 327 g/mol. The fourth-order valence-corrected chi connectivity index (χ4v) is 3.15. The van der Waals surface area contributed by atoms with Crippen LogP contribution in [0.3, 0.4) is 0 Å². The number of rotatable bonds is 4. The molecule has 0 aliphatic heterocycles. The minimum Gasteiger partial charge on any atom is -0.307 e. The molecule has 0 spiro atoms. The number of nitrogens with one attached hydrogen (secondary N) is 1. The van der Waals surface area contributed by atoms with E-state index in [2.05, 4.69) is 31.1 Å². The number of thiazole rings is 1. The normalized spacial score (nSPS) is 11.9. The van der Waals surface area contributed by atoms with Crippen LogP contribution >= 0.6 is 22.9 Å². The highest BCUT2D eigenvalue weighted by molar-refractivity contribution is 7.11. The third-order valence-electron chi connectivity index (χ3n) is 3.09. The Morgan fingerprint density at radius 1 is 1.33 bits per heavy atom.